The van der Waals surface area contributed by atoms with Gasteiger partial charge in [0.2, 0.25) is 5.91 Å². The molecule has 1 aliphatic heterocycles. The number of hydrogen-bond donors (Lipinski definition) is 1. The van der Waals surface area contributed by atoms with Crippen LogP contribution in [-0.2, 0) is 4.79 Å². The third-order valence-electron chi connectivity index (χ3n) is 5.34. The number of hydrogen-bond acceptors (Lipinski definition) is 3. The molecule has 1 saturated heterocycles. The summed E-state index contributed by atoms with van der Waals surface area (Å²) >= 11 is 12.2. The van der Waals surface area contributed by atoms with Gasteiger partial charge in [0.25, 0.3) is 0 Å². The van der Waals surface area contributed by atoms with Crippen molar-refractivity contribution in [2.24, 2.45) is 0 Å². The van der Waals surface area contributed by atoms with Gasteiger partial charge in [-0.15, -0.1) is 0 Å². The van der Waals surface area contributed by atoms with Gasteiger partial charge in [-0.2, -0.15) is 0 Å². The van der Waals surface area contributed by atoms with E-state index in [0.717, 1.165) is 26.2 Å². The smallest absolute Gasteiger partial charge is 0.241 e. The first-order valence-corrected chi connectivity index (χ1v) is 9.93. The van der Waals surface area contributed by atoms with Crippen molar-refractivity contribution in [2.75, 3.05) is 36.4 Å². The molecule has 144 valence electrons. The zero-order valence-electron chi connectivity index (χ0n) is 15.9. The second-order valence-corrected chi connectivity index (χ2v) is 7.88. The normalized spacial score (nSPS) is 16.3. The molecule has 0 saturated carbocycles. The van der Waals surface area contributed by atoms with E-state index in [-0.39, 0.29) is 11.9 Å². The summed E-state index contributed by atoms with van der Waals surface area (Å²) in [5.74, 6) is -0.0700. The molecule has 1 fully saturated rings. The van der Waals surface area contributed by atoms with Crippen LogP contribution < -0.4 is 10.2 Å². The van der Waals surface area contributed by atoms with Gasteiger partial charge in [-0.3, -0.25) is 9.69 Å². The lowest BCUT2D eigenvalue weighted by Crippen LogP contribution is -2.53. The number of nitrogens with zero attached hydrogens (tertiary/aromatic N) is 2. The van der Waals surface area contributed by atoms with Crippen molar-refractivity contribution in [1.82, 2.24) is 4.90 Å². The Morgan fingerprint density at radius 1 is 1.07 bits per heavy atom. The molecule has 1 atom stereocenters. The molecule has 0 bridgehead atoms. The Morgan fingerprint density at radius 3 is 2.48 bits per heavy atom. The maximum absolute atomic E-state index is 12.7. The molecule has 1 heterocycles. The Bertz CT molecular complexity index is 832. The molecule has 2 aromatic rings. The topological polar surface area (TPSA) is 35.6 Å². The molecule has 0 spiro atoms. The summed E-state index contributed by atoms with van der Waals surface area (Å²) in [5.41, 5.74) is 4.47. The van der Waals surface area contributed by atoms with Gasteiger partial charge in [0.05, 0.1) is 16.8 Å². The number of piperazine rings is 1. The Labute approximate surface area is 171 Å². The summed E-state index contributed by atoms with van der Waals surface area (Å²) in [6.07, 6.45) is 0. The van der Waals surface area contributed by atoms with Crippen LogP contribution in [0.4, 0.5) is 11.4 Å². The molecule has 27 heavy (non-hydrogen) atoms. The van der Waals surface area contributed by atoms with Gasteiger partial charge in [-0.1, -0.05) is 35.3 Å². The minimum Gasteiger partial charge on any atom is -0.369 e. The first-order valence-electron chi connectivity index (χ1n) is 9.18. The van der Waals surface area contributed by atoms with Gasteiger partial charge in [0, 0.05) is 36.9 Å². The van der Waals surface area contributed by atoms with E-state index in [2.05, 4.69) is 47.2 Å². The van der Waals surface area contributed by atoms with Crippen LogP contribution in [-0.4, -0.2) is 43.0 Å². The first kappa shape index (κ1) is 20.0. The highest BCUT2D eigenvalue weighted by Crippen LogP contribution is 2.27. The molecule has 0 aromatic heterocycles. The van der Waals surface area contributed by atoms with Crippen molar-refractivity contribution in [2.45, 2.75) is 26.8 Å². The summed E-state index contributed by atoms with van der Waals surface area (Å²) in [7, 11) is 0. The van der Waals surface area contributed by atoms with E-state index in [0.29, 0.717) is 15.7 Å². The van der Waals surface area contributed by atoms with E-state index in [4.69, 9.17) is 23.2 Å². The molecule has 1 aliphatic rings. The largest absolute Gasteiger partial charge is 0.369 e. The third kappa shape index (κ3) is 4.57. The van der Waals surface area contributed by atoms with E-state index in [1.54, 1.807) is 18.2 Å². The molecule has 1 amide bonds. The number of carbonyl (C=O) groups is 1. The zero-order chi connectivity index (χ0) is 19.6. The third-order valence-corrected chi connectivity index (χ3v) is 5.91. The number of amides is 1. The molecule has 4 nitrogen and oxygen atoms in total. The highest BCUT2D eigenvalue weighted by molar-refractivity contribution is 6.35. The van der Waals surface area contributed by atoms with Gasteiger partial charge < -0.3 is 10.2 Å². The Hall–Kier alpha value is -1.75. The Kier molecular flexibility index (Phi) is 6.30. The minimum atomic E-state index is -0.235. The minimum absolute atomic E-state index is 0.0700. The van der Waals surface area contributed by atoms with Crippen molar-refractivity contribution in [3.8, 4) is 0 Å². The average Bonchev–Trinajstić information content (AvgIpc) is 2.66. The Balaban J connectivity index is 1.61. The van der Waals surface area contributed by atoms with Gasteiger partial charge in [0.15, 0.2) is 0 Å². The van der Waals surface area contributed by atoms with E-state index in [1.165, 1.54) is 16.8 Å². The van der Waals surface area contributed by atoms with Crippen molar-refractivity contribution >= 4 is 40.5 Å². The molecule has 2 aromatic carbocycles. The monoisotopic (exact) mass is 405 g/mol. The van der Waals surface area contributed by atoms with Gasteiger partial charge in [-0.05, 0) is 56.2 Å². The van der Waals surface area contributed by atoms with E-state index < -0.39 is 0 Å². The van der Waals surface area contributed by atoms with Gasteiger partial charge in [0.1, 0.15) is 0 Å². The lowest BCUT2D eigenvalue weighted by atomic mass is 10.1. The molecule has 6 heteroatoms. The zero-order valence-corrected chi connectivity index (χ0v) is 17.4. The van der Waals surface area contributed by atoms with Crippen LogP contribution in [0.5, 0.6) is 0 Å². The standard InChI is InChI=1S/C21H25Cl2N3O/c1-14-5-4-6-20(15(14)2)26-11-9-25(10-12-26)16(3)21(27)24-19-13-17(22)7-8-18(19)23/h4-8,13,16H,9-12H2,1-3H3,(H,24,27)/t16-/m1/s1. The fourth-order valence-corrected chi connectivity index (χ4v) is 3.76. The summed E-state index contributed by atoms with van der Waals surface area (Å²) < 4.78 is 0. The highest BCUT2D eigenvalue weighted by Gasteiger charge is 2.26. The number of benzene rings is 2. The summed E-state index contributed by atoms with van der Waals surface area (Å²) in [6, 6.07) is 11.3. The molecule has 3 rings (SSSR count). The molecule has 0 aliphatic carbocycles. The van der Waals surface area contributed by atoms with Crippen molar-refractivity contribution in [1.29, 1.82) is 0 Å². The summed E-state index contributed by atoms with van der Waals surface area (Å²) in [5, 5.41) is 3.93. The SMILES string of the molecule is Cc1cccc(N2CCN([C@H](C)C(=O)Nc3cc(Cl)ccc3Cl)CC2)c1C. The number of rotatable bonds is 4. The van der Waals surface area contributed by atoms with Crippen LogP contribution in [0.2, 0.25) is 10.0 Å². The molecule has 0 radical (unpaired) electrons. The fraction of sp³-hybridized carbons (Fsp3) is 0.381. The second-order valence-electron chi connectivity index (χ2n) is 7.03. The van der Waals surface area contributed by atoms with Crippen LogP contribution in [0.3, 0.4) is 0 Å². The number of anilines is 2. The van der Waals surface area contributed by atoms with E-state index >= 15 is 0 Å². The number of aryl methyl sites for hydroxylation is 1. The lowest BCUT2D eigenvalue weighted by Gasteiger charge is -2.39. The van der Waals surface area contributed by atoms with Gasteiger partial charge in [-0.25, -0.2) is 0 Å². The van der Waals surface area contributed by atoms with E-state index in [1.807, 2.05) is 6.92 Å². The van der Waals surface area contributed by atoms with Crippen LogP contribution in [0.25, 0.3) is 0 Å². The number of carbonyl (C=O) groups excluding carboxylic acids is 1. The summed E-state index contributed by atoms with van der Waals surface area (Å²) in [4.78, 5) is 17.3. The molecular weight excluding hydrogens is 381 g/mol. The fourth-order valence-electron chi connectivity index (χ4n) is 3.42. The lowest BCUT2D eigenvalue weighted by molar-refractivity contribution is -0.120. The Morgan fingerprint density at radius 2 is 1.78 bits per heavy atom. The molecule has 0 unspecified atom stereocenters. The van der Waals surface area contributed by atoms with Crippen LogP contribution >= 0.6 is 23.2 Å². The van der Waals surface area contributed by atoms with Crippen LogP contribution in [0.1, 0.15) is 18.1 Å². The quantitative estimate of drug-likeness (QED) is 0.795. The maximum atomic E-state index is 12.7. The average molecular weight is 406 g/mol. The first-order chi connectivity index (χ1) is 12.9. The van der Waals surface area contributed by atoms with E-state index in [9.17, 15) is 4.79 Å². The van der Waals surface area contributed by atoms with Crippen molar-refractivity contribution in [3.05, 3.63) is 57.6 Å². The van der Waals surface area contributed by atoms with Crippen LogP contribution in [0.15, 0.2) is 36.4 Å². The molecular formula is C21H25Cl2N3O. The molecule has 1 N–H and O–H groups in total. The van der Waals surface area contributed by atoms with Gasteiger partial charge >= 0.3 is 0 Å². The number of nitrogens with one attached hydrogen (secondary N) is 1. The number of halogens is 2. The van der Waals surface area contributed by atoms with Crippen molar-refractivity contribution < 1.29 is 4.79 Å². The van der Waals surface area contributed by atoms with Crippen LogP contribution in [0, 0.1) is 13.8 Å². The van der Waals surface area contributed by atoms with Crippen molar-refractivity contribution in [3.63, 3.8) is 0 Å². The predicted octanol–water partition coefficient (Wildman–Crippen LogP) is 4.76. The second kappa shape index (κ2) is 8.51. The summed E-state index contributed by atoms with van der Waals surface area (Å²) in [6.45, 7) is 9.72. The predicted molar refractivity (Wildman–Crippen MR) is 114 cm³/mol. The maximum Gasteiger partial charge on any atom is 0.241 e. The highest BCUT2D eigenvalue weighted by atomic mass is 35.5.